The zero-order chi connectivity index (χ0) is 26.4. The van der Waals surface area contributed by atoms with Crippen LogP contribution in [0.1, 0.15) is 24.0 Å². The van der Waals surface area contributed by atoms with Crippen LogP contribution in [0.25, 0.3) is 28.1 Å². The Morgan fingerprint density at radius 3 is 2.74 bits per heavy atom. The number of hydrogen-bond donors (Lipinski definition) is 3. The van der Waals surface area contributed by atoms with Crippen LogP contribution in [-0.4, -0.2) is 45.9 Å². The lowest BCUT2D eigenvalue weighted by Gasteiger charge is -2.15. The summed E-state index contributed by atoms with van der Waals surface area (Å²) in [5, 5.41) is 23.5. The number of fused-ring (bicyclic) bond motifs is 1. The highest BCUT2D eigenvalue weighted by Gasteiger charge is 2.28. The highest BCUT2D eigenvalue weighted by atomic mass is 35.5. The van der Waals surface area contributed by atoms with Crippen molar-refractivity contribution < 1.29 is 9.90 Å². The van der Waals surface area contributed by atoms with E-state index in [1.54, 1.807) is 47.2 Å². The van der Waals surface area contributed by atoms with Gasteiger partial charge >= 0.3 is 6.09 Å². The van der Waals surface area contributed by atoms with Gasteiger partial charge in [-0.25, -0.2) is 9.78 Å². The first-order valence-electron chi connectivity index (χ1n) is 11.5. The predicted octanol–water partition coefficient (Wildman–Crippen LogP) is 4.81. The van der Waals surface area contributed by atoms with Crippen molar-refractivity contribution in [2.45, 2.75) is 18.9 Å². The predicted molar refractivity (Wildman–Crippen MR) is 141 cm³/mol. The average molecular weight is 549 g/mol. The Morgan fingerprint density at radius 2 is 1.97 bits per heavy atom. The standard InChI is InChI=1S/C25H18Cl2N8O3/c26-14-1-5-21(34-12-29-32-33-34)18(9-14)13-7-16-3-6-22(35(16)23(36)8-13)24-28-11-20(31-24)17-4-2-15(10-19(17)27)30-25(37)38/h1-2,4-5,7-12,22,30H,3,6H2,(H,28,31)(H,37,38). The molecule has 3 aromatic heterocycles. The fourth-order valence-corrected chi connectivity index (χ4v) is 5.25. The number of benzene rings is 2. The van der Waals surface area contributed by atoms with Gasteiger partial charge in [-0.05, 0) is 71.3 Å². The minimum absolute atomic E-state index is 0.164. The van der Waals surface area contributed by atoms with Gasteiger partial charge in [-0.3, -0.25) is 10.1 Å². The summed E-state index contributed by atoms with van der Waals surface area (Å²) >= 11 is 12.7. The Hall–Kier alpha value is -4.48. The van der Waals surface area contributed by atoms with Crippen LogP contribution in [-0.2, 0) is 6.42 Å². The zero-order valence-corrected chi connectivity index (χ0v) is 21.0. The lowest BCUT2D eigenvalue weighted by Crippen LogP contribution is -2.23. The van der Waals surface area contributed by atoms with Gasteiger partial charge in [0.15, 0.2) is 0 Å². The summed E-state index contributed by atoms with van der Waals surface area (Å²) in [4.78, 5) is 32.1. The van der Waals surface area contributed by atoms with Gasteiger partial charge in [0.05, 0.1) is 28.6 Å². The fourth-order valence-electron chi connectivity index (χ4n) is 4.80. The summed E-state index contributed by atoms with van der Waals surface area (Å²) in [7, 11) is 0. The summed E-state index contributed by atoms with van der Waals surface area (Å²) in [6.07, 6.45) is 3.34. The molecular formula is C25H18Cl2N8O3. The number of aromatic amines is 1. The number of carboxylic acid groups (broad SMARTS) is 1. The topological polar surface area (TPSA) is 144 Å². The first kappa shape index (κ1) is 23.9. The maximum atomic E-state index is 13.4. The number of carbonyl (C=O) groups is 1. The van der Waals surface area contributed by atoms with Gasteiger partial charge in [0, 0.05) is 33.6 Å². The summed E-state index contributed by atoms with van der Waals surface area (Å²) in [6, 6.07) is 13.5. The van der Waals surface area contributed by atoms with Crippen molar-refractivity contribution in [3.8, 4) is 28.1 Å². The Balaban J connectivity index is 1.34. The van der Waals surface area contributed by atoms with Gasteiger partial charge in [-0.1, -0.05) is 23.2 Å². The molecule has 0 radical (unpaired) electrons. The van der Waals surface area contributed by atoms with E-state index in [0.29, 0.717) is 51.3 Å². The van der Waals surface area contributed by atoms with Crippen LogP contribution in [0.4, 0.5) is 10.5 Å². The number of aromatic nitrogens is 7. The molecule has 11 nitrogen and oxygen atoms in total. The number of tetrazole rings is 1. The number of halogens is 2. The molecule has 0 fully saturated rings. The van der Waals surface area contributed by atoms with Crippen molar-refractivity contribution in [2.24, 2.45) is 0 Å². The molecule has 0 aliphatic carbocycles. The molecule has 6 rings (SSSR count). The van der Waals surface area contributed by atoms with Crippen molar-refractivity contribution in [3.63, 3.8) is 0 Å². The van der Waals surface area contributed by atoms with Crippen molar-refractivity contribution in [1.82, 2.24) is 34.7 Å². The van der Waals surface area contributed by atoms with Crippen molar-refractivity contribution in [2.75, 3.05) is 5.32 Å². The number of nitrogens with one attached hydrogen (secondary N) is 2. The van der Waals surface area contributed by atoms with Crippen LogP contribution in [0.3, 0.4) is 0 Å². The molecule has 5 aromatic rings. The summed E-state index contributed by atoms with van der Waals surface area (Å²) in [6.45, 7) is 0. The molecule has 13 heteroatoms. The second kappa shape index (κ2) is 9.43. The number of H-pyrrole nitrogens is 1. The maximum absolute atomic E-state index is 13.4. The third-order valence-electron chi connectivity index (χ3n) is 6.42. The number of amides is 1. The molecule has 1 aliphatic heterocycles. The number of anilines is 1. The summed E-state index contributed by atoms with van der Waals surface area (Å²) < 4.78 is 3.27. The second-order valence-electron chi connectivity index (χ2n) is 8.72. The van der Waals surface area contributed by atoms with E-state index in [1.807, 2.05) is 6.07 Å². The Morgan fingerprint density at radius 1 is 1.11 bits per heavy atom. The van der Waals surface area contributed by atoms with Crippen LogP contribution < -0.4 is 10.9 Å². The molecule has 1 unspecified atom stereocenters. The largest absolute Gasteiger partial charge is 0.465 e. The minimum Gasteiger partial charge on any atom is -0.465 e. The first-order chi connectivity index (χ1) is 18.4. The Labute approximate surface area is 224 Å². The van der Waals surface area contributed by atoms with Crippen LogP contribution in [0, 0.1) is 0 Å². The normalized spacial score (nSPS) is 14.4. The van der Waals surface area contributed by atoms with E-state index in [0.717, 1.165) is 16.8 Å². The number of hydrogen-bond acceptors (Lipinski definition) is 6. The van der Waals surface area contributed by atoms with Crippen molar-refractivity contribution in [3.05, 3.63) is 93.0 Å². The number of nitrogens with zero attached hydrogens (tertiary/aromatic N) is 6. The SMILES string of the molecule is O=C(O)Nc1ccc(-c2cnc(C3CCc4cc(-c5cc(Cl)ccc5-n5cnnn5)cc(=O)n43)[nH]2)c(Cl)c1. The molecule has 38 heavy (non-hydrogen) atoms. The third kappa shape index (κ3) is 4.31. The number of imidazole rings is 1. The first-order valence-corrected chi connectivity index (χ1v) is 12.3. The molecule has 0 spiro atoms. The molecule has 1 amide bonds. The number of aryl methyl sites for hydroxylation is 1. The molecule has 0 bridgehead atoms. The molecule has 4 heterocycles. The van der Waals surface area contributed by atoms with Crippen LogP contribution in [0.15, 0.2) is 65.8 Å². The van der Waals surface area contributed by atoms with Gasteiger partial charge in [0.2, 0.25) is 0 Å². The molecule has 1 aliphatic rings. The van der Waals surface area contributed by atoms with E-state index in [9.17, 15) is 9.59 Å². The maximum Gasteiger partial charge on any atom is 0.409 e. The zero-order valence-electron chi connectivity index (χ0n) is 19.5. The molecule has 1 atom stereocenters. The van der Waals surface area contributed by atoms with Crippen LogP contribution in [0.2, 0.25) is 10.0 Å². The lowest BCUT2D eigenvalue weighted by atomic mass is 10.0. The summed E-state index contributed by atoms with van der Waals surface area (Å²) in [5.74, 6) is 0.634. The molecule has 0 saturated heterocycles. The van der Waals surface area contributed by atoms with E-state index >= 15 is 0 Å². The molecule has 0 saturated carbocycles. The van der Waals surface area contributed by atoms with E-state index in [2.05, 4.69) is 30.8 Å². The third-order valence-corrected chi connectivity index (χ3v) is 6.97. The molecule has 190 valence electrons. The van der Waals surface area contributed by atoms with Gasteiger partial charge in [-0.2, -0.15) is 4.68 Å². The van der Waals surface area contributed by atoms with Gasteiger partial charge in [0.1, 0.15) is 12.2 Å². The smallest absolute Gasteiger partial charge is 0.409 e. The summed E-state index contributed by atoms with van der Waals surface area (Å²) in [5.41, 5.74) is 4.56. The van der Waals surface area contributed by atoms with E-state index in [4.69, 9.17) is 28.3 Å². The average Bonchev–Trinajstić information content (AvgIpc) is 3.64. The van der Waals surface area contributed by atoms with Gasteiger partial charge in [-0.15, -0.1) is 5.10 Å². The van der Waals surface area contributed by atoms with Gasteiger partial charge in [0.25, 0.3) is 5.56 Å². The quantitative estimate of drug-likeness (QED) is 0.285. The van der Waals surface area contributed by atoms with Crippen molar-refractivity contribution in [1.29, 1.82) is 0 Å². The fraction of sp³-hybridized carbons (Fsp3) is 0.120. The minimum atomic E-state index is -1.17. The van der Waals surface area contributed by atoms with Crippen LogP contribution >= 0.6 is 23.2 Å². The number of pyridine rings is 1. The molecular weight excluding hydrogens is 531 g/mol. The lowest BCUT2D eigenvalue weighted by molar-refractivity contribution is 0.210. The molecule has 2 aromatic carbocycles. The highest BCUT2D eigenvalue weighted by Crippen LogP contribution is 2.35. The van der Waals surface area contributed by atoms with Crippen LogP contribution in [0.5, 0.6) is 0 Å². The van der Waals surface area contributed by atoms with E-state index in [1.165, 1.54) is 17.1 Å². The molecule has 3 N–H and O–H groups in total. The van der Waals surface area contributed by atoms with Gasteiger partial charge < -0.3 is 14.7 Å². The highest BCUT2D eigenvalue weighted by molar-refractivity contribution is 6.33. The number of rotatable bonds is 5. The Kier molecular flexibility index (Phi) is 5.93. The monoisotopic (exact) mass is 548 g/mol. The van der Waals surface area contributed by atoms with E-state index in [-0.39, 0.29) is 11.6 Å². The Bertz CT molecular complexity index is 1750. The second-order valence-corrected chi connectivity index (χ2v) is 9.56. The van der Waals surface area contributed by atoms with E-state index < -0.39 is 6.09 Å². The van der Waals surface area contributed by atoms with Crippen molar-refractivity contribution >= 4 is 35.0 Å².